The van der Waals surface area contributed by atoms with Crippen LogP contribution < -0.4 is 5.32 Å². The molecule has 2 aromatic carbocycles. The summed E-state index contributed by atoms with van der Waals surface area (Å²) in [6.07, 6.45) is 0.00829. The van der Waals surface area contributed by atoms with Crippen molar-refractivity contribution in [3.05, 3.63) is 64.8 Å². The number of carbonyl (C=O) groups is 2. The highest BCUT2D eigenvalue weighted by molar-refractivity contribution is 6.03. The Morgan fingerprint density at radius 3 is 2.37 bits per heavy atom. The van der Waals surface area contributed by atoms with Crippen molar-refractivity contribution in [1.82, 2.24) is 4.57 Å². The molecule has 0 spiro atoms. The summed E-state index contributed by atoms with van der Waals surface area (Å²) < 4.78 is 1.64. The summed E-state index contributed by atoms with van der Waals surface area (Å²) in [7, 11) is 1.72. The average Bonchev–Trinajstić information content (AvgIpc) is 2.86. The number of fused-ring (bicyclic) bond motifs is 1. The van der Waals surface area contributed by atoms with Gasteiger partial charge < -0.3 is 15.0 Å². The molecule has 0 aliphatic carbocycles. The number of hydrogen-bond donors (Lipinski definition) is 2. The van der Waals surface area contributed by atoms with Gasteiger partial charge in [-0.3, -0.25) is 4.79 Å². The molecule has 0 radical (unpaired) electrons. The predicted octanol–water partition coefficient (Wildman–Crippen LogP) is 4.49. The van der Waals surface area contributed by atoms with Crippen LogP contribution in [0, 0.1) is 6.92 Å². The van der Waals surface area contributed by atoms with Crippen LogP contribution >= 0.6 is 0 Å². The maximum Gasteiger partial charge on any atom is 0.352 e. The molecule has 0 bridgehead atoms. The summed E-state index contributed by atoms with van der Waals surface area (Å²) >= 11 is 0. The molecule has 0 aliphatic rings. The van der Waals surface area contributed by atoms with Crippen LogP contribution in [0.3, 0.4) is 0 Å². The number of anilines is 1. The van der Waals surface area contributed by atoms with Crippen LogP contribution in [-0.4, -0.2) is 21.6 Å². The van der Waals surface area contributed by atoms with E-state index in [1.165, 1.54) is 5.56 Å². The Labute approximate surface area is 158 Å². The predicted molar refractivity (Wildman–Crippen MR) is 107 cm³/mol. The summed E-state index contributed by atoms with van der Waals surface area (Å²) in [4.78, 5) is 24.4. The number of hydrogen-bond acceptors (Lipinski definition) is 2. The lowest BCUT2D eigenvalue weighted by molar-refractivity contribution is -0.115. The average molecular weight is 364 g/mol. The number of aromatic nitrogens is 1. The molecular formula is C22H24N2O3. The van der Waals surface area contributed by atoms with Crippen molar-refractivity contribution in [2.45, 2.75) is 33.1 Å². The third-order valence-electron chi connectivity index (χ3n) is 4.86. The van der Waals surface area contributed by atoms with E-state index in [1.54, 1.807) is 11.6 Å². The van der Waals surface area contributed by atoms with Crippen LogP contribution in [-0.2, 0) is 18.3 Å². The first-order valence-corrected chi connectivity index (χ1v) is 8.99. The van der Waals surface area contributed by atoms with Crippen molar-refractivity contribution < 1.29 is 14.7 Å². The van der Waals surface area contributed by atoms with E-state index in [-0.39, 0.29) is 18.0 Å². The van der Waals surface area contributed by atoms with Gasteiger partial charge in [-0.1, -0.05) is 37.6 Å². The highest BCUT2D eigenvalue weighted by Crippen LogP contribution is 2.27. The van der Waals surface area contributed by atoms with E-state index >= 15 is 0 Å². The zero-order valence-electron chi connectivity index (χ0n) is 16.0. The van der Waals surface area contributed by atoms with E-state index in [0.29, 0.717) is 17.2 Å². The number of carboxylic acids is 1. The Hall–Kier alpha value is -3.08. The Kier molecular flexibility index (Phi) is 5.04. The Morgan fingerprint density at radius 2 is 1.78 bits per heavy atom. The highest BCUT2D eigenvalue weighted by Gasteiger charge is 2.22. The molecule has 1 amide bonds. The van der Waals surface area contributed by atoms with E-state index in [9.17, 15) is 14.7 Å². The van der Waals surface area contributed by atoms with E-state index in [2.05, 4.69) is 19.2 Å². The molecule has 3 rings (SSSR count). The van der Waals surface area contributed by atoms with Crippen LogP contribution in [0.2, 0.25) is 0 Å². The fourth-order valence-corrected chi connectivity index (χ4v) is 3.40. The lowest BCUT2D eigenvalue weighted by Crippen LogP contribution is -2.17. The number of aromatic carboxylic acids is 1. The summed E-state index contributed by atoms with van der Waals surface area (Å²) in [5.74, 6) is -0.842. The van der Waals surface area contributed by atoms with Gasteiger partial charge in [0.2, 0.25) is 5.91 Å². The fraction of sp³-hybridized carbons (Fsp3) is 0.273. The second-order valence-corrected chi connectivity index (χ2v) is 7.21. The maximum atomic E-state index is 12.6. The summed E-state index contributed by atoms with van der Waals surface area (Å²) in [6, 6.07) is 13.5. The Morgan fingerprint density at radius 1 is 1.11 bits per heavy atom. The number of aryl methyl sites for hydroxylation is 2. The van der Waals surface area contributed by atoms with Gasteiger partial charge >= 0.3 is 5.97 Å². The number of carboxylic acid groups (broad SMARTS) is 1. The largest absolute Gasteiger partial charge is 0.477 e. The van der Waals surface area contributed by atoms with Crippen molar-refractivity contribution in [1.29, 1.82) is 0 Å². The molecule has 0 fully saturated rings. The van der Waals surface area contributed by atoms with Crippen LogP contribution in [0.1, 0.15) is 46.9 Å². The van der Waals surface area contributed by atoms with Gasteiger partial charge in [-0.15, -0.1) is 0 Å². The van der Waals surface area contributed by atoms with Gasteiger partial charge in [-0.2, -0.15) is 0 Å². The molecule has 0 unspecified atom stereocenters. The van der Waals surface area contributed by atoms with Crippen molar-refractivity contribution >= 4 is 28.5 Å². The molecule has 0 aliphatic heterocycles. The van der Waals surface area contributed by atoms with Crippen molar-refractivity contribution in [2.75, 3.05) is 5.32 Å². The zero-order chi connectivity index (χ0) is 19.7. The monoisotopic (exact) mass is 364 g/mol. The standard InChI is InChI=1S/C22H24N2O3/c1-13(2)15-6-8-16(9-7-15)23-20(25)12-18-17-11-14(3)5-10-19(17)24(4)21(18)22(26)27/h5-11,13H,12H2,1-4H3,(H,23,25)(H,26,27). The van der Waals surface area contributed by atoms with Crippen molar-refractivity contribution in [3.8, 4) is 0 Å². The molecule has 0 atom stereocenters. The van der Waals surface area contributed by atoms with E-state index in [4.69, 9.17) is 0 Å². The first kappa shape index (κ1) is 18.7. The third kappa shape index (κ3) is 3.72. The van der Waals surface area contributed by atoms with Crippen LogP contribution in [0.5, 0.6) is 0 Å². The quantitative estimate of drug-likeness (QED) is 0.701. The fourth-order valence-electron chi connectivity index (χ4n) is 3.40. The van der Waals surface area contributed by atoms with Crippen LogP contribution in [0.15, 0.2) is 42.5 Å². The number of amides is 1. The number of nitrogens with one attached hydrogen (secondary N) is 1. The maximum absolute atomic E-state index is 12.6. The molecule has 5 nitrogen and oxygen atoms in total. The minimum absolute atomic E-state index is 0.00829. The van der Waals surface area contributed by atoms with Crippen molar-refractivity contribution in [2.24, 2.45) is 7.05 Å². The molecule has 2 N–H and O–H groups in total. The van der Waals surface area contributed by atoms with Gasteiger partial charge in [0.1, 0.15) is 5.69 Å². The molecule has 0 saturated heterocycles. The molecule has 140 valence electrons. The molecular weight excluding hydrogens is 340 g/mol. The molecule has 1 heterocycles. The van der Waals surface area contributed by atoms with E-state index in [1.807, 2.05) is 49.4 Å². The Bertz CT molecular complexity index is 1010. The molecule has 0 saturated carbocycles. The number of rotatable bonds is 5. The first-order chi connectivity index (χ1) is 12.8. The first-order valence-electron chi connectivity index (χ1n) is 8.99. The second kappa shape index (κ2) is 7.27. The second-order valence-electron chi connectivity index (χ2n) is 7.21. The Balaban J connectivity index is 1.91. The van der Waals surface area contributed by atoms with Crippen molar-refractivity contribution in [3.63, 3.8) is 0 Å². The minimum atomic E-state index is -1.03. The number of carbonyl (C=O) groups excluding carboxylic acids is 1. The van der Waals surface area contributed by atoms with Gasteiger partial charge in [-0.05, 0) is 42.7 Å². The molecule has 1 aromatic heterocycles. The van der Waals surface area contributed by atoms with Gasteiger partial charge in [0.05, 0.1) is 6.42 Å². The normalized spacial score (nSPS) is 11.1. The smallest absolute Gasteiger partial charge is 0.352 e. The van der Waals surface area contributed by atoms with Gasteiger partial charge in [0.25, 0.3) is 0 Å². The van der Waals surface area contributed by atoms with E-state index < -0.39 is 5.97 Å². The lowest BCUT2D eigenvalue weighted by Gasteiger charge is -2.09. The summed E-state index contributed by atoms with van der Waals surface area (Å²) in [5, 5.41) is 13.3. The molecule has 27 heavy (non-hydrogen) atoms. The molecule has 3 aromatic rings. The van der Waals surface area contributed by atoms with Crippen LogP contribution in [0.25, 0.3) is 10.9 Å². The van der Waals surface area contributed by atoms with E-state index in [0.717, 1.165) is 16.5 Å². The van der Waals surface area contributed by atoms with Gasteiger partial charge in [0, 0.05) is 29.2 Å². The van der Waals surface area contributed by atoms with Crippen LogP contribution in [0.4, 0.5) is 5.69 Å². The topological polar surface area (TPSA) is 71.3 Å². The lowest BCUT2D eigenvalue weighted by atomic mass is 10.0. The summed E-state index contributed by atoms with van der Waals surface area (Å²) in [6.45, 7) is 6.18. The minimum Gasteiger partial charge on any atom is -0.477 e. The van der Waals surface area contributed by atoms with Gasteiger partial charge in [0.15, 0.2) is 0 Å². The number of nitrogens with zero attached hydrogens (tertiary/aromatic N) is 1. The number of benzene rings is 2. The zero-order valence-corrected chi connectivity index (χ0v) is 16.0. The highest BCUT2D eigenvalue weighted by atomic mass is 16.4. The van der Waals surface area contributed by atoms with Gasteiger partial charge in [-0.25, -0.2) is 4.79 Å². The molecule has 5 heteroatoms. The summed E-state index contributed by atoms with van der Waals surface area (Å²) in [5.41, 5.74) is 4.43. The third-order valence-corrected chi connectivity index (χ3v) is 4.86. The SMILES string of the molecule is Cc1ccc2c(c1)c(CC(=O)Nc1ccc(C(C)C)cc1)c(C(=O)O)n2C.